The highest BCUT2D eigenvalue weighted by Gasteiger charge is 2.16. The number of halogens is 2. The van der Waals surface area contributed by atoms with E-state index in [0.717, 1.165) is 4.88 Å². The van der Waals surface area contributed by atoms with Crippen LogP contribution in [0.1, 0.15) is 16.9 Å². The van der Waals surface area contributed by atoms with Crippen molar-refractivity contribution in [1.29, 1.82) is 0 Å². The lowest BCUT2D eigenvalue weighted by molar-refractivity contribution is 0.152. The van der Waals surface area contributed by atoms with E-state index in [9.17, 15) is 8.78 Å². The van der Waals surface area contributed by atoms with Gasteiger partial charge in [0.05, 0.1) is 6.54 Å². The second-order valence-corrected chi connectivity index (χ2v) is 5.09. The summed E-state index contributed by atoms with van der Waals surface area (Å²) in [5, 5.41) is 1.97. The summed E-state index contributed by atoms with van der Waals surface area (Å²) in [6.07, 6.45) is -2.52. The van der Waals surface area contributed by atoms with E-state index in [1.54, 1.807) is 30.5 Å². The molecule has 0 radical (unpaired) electrons. The summed E-state index contributed by atoms with van der Waals surface area (Å²) >= 11 is 1.61. The Balaban J connectivity index is 2.26. The molecule has 5 heteroatoms. The fraction of sp³-hybridized carbons (Fsp3) is 0.231. The molecule has 96 valence electrons. The molecule has 2 aromatic rings. The highest BCUT2D eigenvalue weighted by molar-refractivity contribution is 7.09. The average Bonchev–Trinajstić information content (AvgIpc) is 2.81. The van der Waals surface area contributed by atoms with E-state index in [1.807, 2.05) is 22.4 Å². The van der Waals surface area contributed by atoms with E-state index in [4.69, 9.17) is 5.73 Å². The van der Waals surface area contributed by atoms with Crippen molar-refractivity contribution in [1.82, 2.24) is 0 Å². The number of hydrogen-bond donors (Lipinski definition) is 1. The Hall–Kier alpha value is -1.62. The van der Waals surface area contributed by atoms with E-state index >= 15 is 0 Å². The number of benzene rings is 1. The molecule has 0 atom stereocenters. The lowest BCUT2D eigenvalue weighted by atomic mass is 10.1. The molecule has 0 spiro atoms. The quantitative estimate of drug-likeness (QED) is 0.852. The maximum atomic E-state index is 13.0. The standard InChI is InChI=1S/C13H14F2N2S/c1-17(8-10-3-2-6-18-10)12-5-4-9(16)7-11(12)13(14)15/h2-7,13H,8,16H2,1H3. The zero-order valence-electron chi connectivity index (χ0n) is 9.94. The van der Waals surface area contributed by atoms with Gasteiger partial charge in [0.2, 0.25) is 0 Å². The van der Waals surface area contributed by atoms with Crippen LogP contribution in [0.5, 0.6) is 0 Å². The van der Waals surface area contributed by atoms with Crippen molar-refractivity contribution in [2.24, 2.45) is 0 Å². The minimum absolute atomic E-state index is 0.0194. The van der Waals surface area contributed by atoms with Gasteiger partial charge in [-0.3, -0.25) is 0 Å². The molecule has 1 aromatic carbocycles. The zero-order valence-corrected chi connectivity index (χ0v) is 10.8. The van der Waals surface area contributed by atoms with Crippen LogP contribution < -0.4 is 10.6 Å². The number of nitrogens with two attached hydrogens (primary N) is 1. The van der Waals surface area contributed by atoms with Crippen LogP contribution in [0.2, 0.25) is 0 Å². The lowest BCUT2D eigenvalue weighted by Crippen LogP contribution is -2.17. The third kappa shape index (κ3) is 2.79. The molecule has 0 amide bonds. The fourth-order valence-electron chi connectivity index (χ4n) is 1.82. The summed E-state index contributed by atoms with van der Waals surface area (Å²) < 4.78 is 25.9. The molecule has 0 fully saturated rings. The summed E-state index contributed by atoms with van der Waals surface area (Å²) in [6.45, 7) is 0.612. The molecule has 18 heavy (non-hydrogen) atoms. The van der Waals surface area contributed by atoms with Crippen molar-refractivity contribution in [2.75, 3.05) is 17.7 Å². The molecule has 2 rings (SSSR count). The first-order valence-corrected chi connectivity index (χ1v) is 6.37. The maximum Gasteiger partial charge on any atom is 0.265 e. The highest BCUT2D eigenvalue weighted by Crippen LogP contribution is 2.32. The second-order valence-electron chi connectivity index (χ2n) is 4.05. The van der Waals surface area contributed by atoms with Crippen LogP contribution in [-0.4, -0.2) is 7.05 Å². The first kappa shape index (κ1) is 12.8. The van der Waals surface area contributed by atoms with Gasteiger partial charge in [-0.2, -0.15) is 0 Å². The molecule has 2 N–H and O–H groups in total. The van der Waals surface area contributed by atoms with Gasteiger partial charge < -0.3 is 10.6 Å². The van der Waals surface area contributed by atoms with Crippen LogP contribution >= 0.6 is 11.3 Å². The molecular formula is C13H14F2N2S. The van der Waals surface area contributed by atoms with Gasteiger partial charge in [-0.15, -0.1) is 11.3 Å². The Morgan fingerprint density at radius 3 is 2.72 bits per heavy atom. The molecule has 0 unspecified atom stereocenters. The monoisotopic (exact) mass is 268 g/mol. The van der Waals surface area contributed by atoms with Gasteiger partial charge in [0.1, 0.15) is 0 Å². The molecule has 2 nitrogen and oxygen atoms in total. The zero-order chi connectivity index (χ0) is 13.1. The molecular weight excluding hydrogens is 254 g/mol. The Kier molecular flexibility index (Phi) is 3.81. The summed E-state index contributed by atoms with van der Waals surface area (Å²) in [5.74, 6) is 0. The Labute approximate surface area is 109 Å². The Morgan fingerprint density at radius 2 is 2.11 bits per heavy atom. The summed E-state index contributed by atoms with van der Waals surface area (Å²) in [5.41, 5.74) is 6.41. The average molecular weight is 268 g/mol. The number of anilines is 2. The molecule has 0 saturated heterocycles. The molecule has 0 bridgehead atoms. The van der Waals surface area contributed by atoms with Gasteiger partial charge in [0.15, 0.2) is 0 Å². The molecule has 0 saturated carbocycles. The highest BCUT2D eigenvalue weighted by atomic mass is 32.1. The third-order valence-corrected chi connectivity index (χ3v) is 3.53. The Bertz CT molecular complexity index is 512. The minimum atomic E-state index is -2.52. The van der Waals surface area contributed by atoms with Crippen LogP contribution in [0.4, 0.5) is 20.2 Å². The van der Waals surface area contributed by atoms with Gasteiger partial charge >= 0.3 is 0 Å². The first-order valence-electron chi connectivity index (χ1n) is 5.49. The predicted molar refractivity (Wildman–Crippen MR) is 72.2 cm³/mol. The normalized spacial score (nSPS) is 10.9. The number of hydrogen-bond acceptors (Lipinski definition) is 3. The van der Waals surface area contributed by atoms with Crippen molar-refractivity contribution in [3.05, 3.63) is 46.2 Å². The van der Waals surface area contributed by atoms with Gasteiger partial charge in [-0.25, -0.2) is 8.78 Å². The van der Waals surface area contributed by atoms with Crippen molar-refractivity contribution in [2.45, 2.75) is 13.0 Å². The Morgan fingerprint density at radius 1 is 1.33 bits per heavy atom. The second kappa shape index (κ2) is 5.35. The first-order chi connectivity index (χ1) is 8.58. The van der Waals surface area contributed by atoms with E-state index in [2.05, 4.69) is 0 Å². The van der Waals surface area contributed by atoms with Gasteiger partial charge in [-0.1, -0.05) is 6.07 Å². The number of rotatable bonds is 4. The molecule has 0 aliphatic heterocycles. The fourth-order valence-corrected chi connectivity index (χ4v) is 2.57. The smallest absolute Gasteiger partial charge is 0.265 e. The number of alkyl halides is 2. The molecule has 0 aliphatic carbocycles. The van der Waals surface area contributed by atoms with Crippen molar-refractivity contribution in [3.63, 3.8) is 0 Å². The number of nitrogen functional groups attached to an aromatic ring is 1. The van der Waals surface area contributed by atoms with Gasteiger partial charge in [-0.05, 0) is 29.6 Å². The topological polar surface area (TPSA) is 29.3 Å². The minimum Gasteiger partial charge on any atom is -0.399 e. The third-order valence-electron chi connectivity index (χ3n) is 2.67. The van der Waals surface area contributed by atoms with Crippen molar-refractivity contribution in [3.8, 4) is 0 Å². The largest absolute Gasteiger partial charge is 0.399 e. The van der Waals surface area contributed by atoms with E-state index in [0.29, 0.717) is 17.9 Å². The molecule has 1 aromatic heterocycles. The van der Waals surface area contributed by atoms with E-state index in [-0.39, 0.29) is 5.56 Å². The van der Waals surface area contributed by atoms with Crippen LogP contribution in [0.3, 0.4) is 0 Å². The van der Waals surface area contributed by atoms with Crippen LogP contribution in [0.25, 0.3) is 0 Å². The summed E-state index contributed by atoms with van der Waals surface area (Å²) in [6, 6.07) is 8.56. The number of nitrogens with zero attached hydrogens (tertiary/aromatic N) is 1. The molecule has 0 aliphatic rings. The number of thiophene rings is 1. The van der Waals surface area contributed by atoms with Crippen LogP contribution in [0, 0.1) is 0 Å². The predicted octanol–water partition coefficient (Wildman–Crippen LogP) is 3.90. The maximum absolute atomic E-state index is 13.0. The van der Waals surface area contributed by atoms with E-state index in [1.165, 1.54) is 6.07 Å². The SMILES string of the molecule is CN(Cc1cccs1)c1ccc(N)cc1C(F)F. The van der Waals surface area contributed by atoms with Crippen molar-refractivity contribution < 1.29 is 8.78 Å². The van der Waals surface area contributed by atoms with Crippen LogP contribution in [-0.2, 0) is 6.54 Å². The van der Waals surface area contributed by atoms with Gasteiger partial charge in [0.25, 0.3) is 6.43 Å². The van der Waals surface area contributed by atoms with E-state index < -0.39 is 6.43 Å². The molecule has 1 heterocycles. The van der Waals surface area contributed by atoms with Crippen LogP contribution in [0.15, 0.2) is 35.7 Å². The summed E-state index contributed by atoms with van der Waals surface area (Å²) in [7, 11) is 1.80. The lowest BCUT2D eigenvalue weighted by Gasteiger charge is -2.22. The van der Waals surface area contributed by atoms with Gasteiger partial charge in [0, 0.05) is 28.9 Å². The van der Waals surface area contributed by atoms with Crippen molar-refractivity contribution >= 4 is 22.7 Å². The summed E-state index contributed by atoms with van der Waals surface area (Å²) in [4.78, 5) is 2.95.